The van der Waals surface area contributed by atoms with Crippen LogP contribution in [0.5, 0.6) is 0 Å². The summed E-state index contributed by atoms with van der Waals surface area (Å²) in [5.74, 6) is -0.715. The van der Waals surface area contributed by atoms with Gasteiger partial charge in [-0.3, -0.25) is 9.59 Å². The van der Waals surface area contributed by atoms with Gasteiger partial charge in [0, 0.05) is 25.6 Å². The van der Waals surface area contributed by atoms with Gasteiger partial charge >= 0.3 is 5.97 Å². The Morgan fingerprint density at radius 1 is 1.22 bits per heavy atom. The summed E-state index contributed by atoms with van der Waals surface area (Å²) >= 11 is 0. The molecule has 0 aromatic rings. The van der Waals surface area contributed by atoms with E-state index < -0.39 is 5.97 Å². The molecular formula is C13H21NO4. The van der Waals surface area contributed by atoms with Crippen molar-refractivity contribution in [3.8, 4) is 0 Å². The summed E-state index contributed by atoms with van der Waals surface area (Å²) in [6.45, 7) is 1.42. The minimum absolute atomic E-state index is 0.0718. The fraction of sp³-hybridized carbons (Fsp3) is 0.846. The predicted octanol–water partition coefficient (Wildman–Crippen LogP) is 1.41. The largest absolute Gasteiger partial charge is 0.481 e. The van der Waals surface area contributed by atoms with E-state index in [0.717, 1.165) is 38.6 Å². The van der Waals surface area contributed by atoms with Crippen LogP contribution in [0.15, 0.2) is 0 Å². The molecule has 1 amide bonds. The van der Waals surface area contributed by atoms with Crippen molar-refractivity contribution < 1.29 is 19.4 Å². The van der Waals surface area contributed by atoms with Gasteiger partial charge in [-0.15, -0.1) is 0 Å². The zero-order valence-corrected chi connectivity index (χ0v) is 10.6. The van der Waals surface area contributed by atoms with Gasteiger partial charge in [-0.25, -0.2) is 0 Å². The van der Waals surface area contributed by atoms with Gasteiger partial charge in [0.1, 0.15) is 6.10 Å². The highest BCUT2D eigenvalue weighted by molar-refractivity contribution is 5.81. The summed E-state index contributed by atoms with van der Waals surface area (Å²) in [7, 11) is 0. The Kier molecular flexibility index (Phi) is 4.58. The molecule has 1 N–H and O–H groups in total. The van der Waals surface area contributed by atoms with Crippen LogP contribution < -0.4 is 0 Å². The third kappa shape index (κ3) is 3.22. The average Bonchev–Trinajstić information content (AvgIpc) is 2.89. The quantitative estimate of drug-likeness (QED) is 0.824. The number of carbonyl (C=O) groups excluding carboxylic acids is 1. The van der Waals surface area contributed by atoms with Crippen LogP contribution in [0.4, 0.5) is 0 Å². The summed E-state index contributed by atoms with van der Waals surface area (Å²) in [6, 6.07) is 0.0894. The summed E-state index contributed by atoms with van der Waals surface area (Å²) in [6.07, 6.45) is 5.20. The Labute approximate surface area is 107 Å². The number of nitrogens with zero attached hydrogens (tertiary/aromatic N) is 1. The molecule has 1 unspecified atom stereocenters. The first kappa shape index (κ1) is 13.3. The first-order valence-electron chi connectivity index (χ1n) is 6.82. The smallest absolute Gasteiger partial charge is 0.303 e. The van der Waals surface area contributed by atoms with Crippen LogP contribution >= 0.6 is 0 Å². The molecule has 102 valence electrons. The van der Waals surface area contributed by atoms with Crippen molar-refractivity contribution >= 4 is 11.9 Å². The summed E-state index contributed by atoms with van der Waals surface area (Å²) in [4.78, 5) is 24.8. The third-order valence-electron chi connectivity index (χ3n) is 3.81. The molecule has 0 radical (unpaired) electrons. The number of carboxylic acid groups (broad SMARTS) is 1. The molecule has 0 saturated carbocycles. The molecule has 2 saturated heterocycles. The lowest BCUT2D eigenvalue weighted by atomic mass is 9.97. The van der Waals surface area contributed by atoms with E-state index in [1.54, 1.807) is 0 Å². The topological polar surface area (TPSA) is 66.8 Å². The average molecular weight is 255 g/mol. The van der Waals surface area contributed by atoms with Crippen molar-refractivity contribution in [2.45, 2.75) is 57.1 Å². The van der Waals surface area contributed by atoms with Crippen molar-refractivity contribution in [3.63, 3.8) is 0 Å². The van der Waals surface area contributed by atoms with Crippen LogP contribution in [0.25, 0.3) is 0 Å². The van der Waals surface area contributed by atoms with E-state index in [-0.39, 0.29) is 24.5 Å². The fourth-order valence-corrected chi connectivity index (χ4v) is 2.84. The molecule has 2 aliphatic rings. The SMILES string of the molecule is O=C(O)CCC1CCCCN1C(=O)[C@H]1CCCO1. The van der Waals surface area contributed by atoms with Gasteiger partial charge in [0.25, 0.3) is 5.91 Å². The van der Waals surface area contributed by atoms with Crippen molar-refractivity contribution in [1.29, 1.82) is 0 Å². The first-order valence-corrected chi connectivity index (χ1v) is 6.82. The first-order chi connectivity index (χ1) is 8.68. The van der Waals surface area contributed by atoms with Crippen LogP contribution in [-0.2, 0) is 14.3 Å². The number of amides is 1. The summed E-state index contributed by atoms with van der Waals surface area (Å²) in [5, 5.41) is 8.75. The number of rotatable bonds is 4. The molecule has 18 heavy (non-hydrogen) atoms. The molecule has 2 fully saturated rings. The third-order valence-corrected chi connectivity index (χ3v) is 3.81. The summed E-state index contributed by atoms with van der Waals surface area (Å²) < 4.78 is 5.43. The number of hydrogen-bond acceptors (Lipinski definition) is 3. The molecule has 5 heteroatoms. The van der Waals surface area contributed by atoms with E-state index in [1.165, 1.54) is 0 Å². The highest BCUT2D eigenvalue weighted by Gasteiger charge is 2.33. The predicted molar refractivity (Wildman–Crippen MR) is 65.2 cm³/mol. The van der Waals surface area contributed by atoms with Crippen molar-refractivity contribution in [1.82, 2.24) is 4.90 Å². The molecule has 0 aliphatic carbocycles. The zero-order chi connectivity index (χ0) is 13.0. The fourth-order valence-electron chi connectivity index (χ4n) is 2.84. The number of aliphatic carboxylic acids is 1. The van der Waals surface area contributed by atoms with Crippen LogP contribution in [0.2, 0.25) is 0 Å². The normalized spacial score (nSPS) is 28.3. The molecular weight excluding hydrogens is 234 g/mol. The van der Waals surface area contributed by atoms with Crippen molar-refractivity contribution in [3.05, 3.63) is 0 Å². The molecule has 0 aromatic carbocycles. The van der Waals surface area contributed by atoms with Crippen LogP contribution in [0.3, 0.4) is 0 Å². The maximum Gasteiger partial charge on any atom is 0.303 e. The van der Waals surface area contributed by atoms with Gasteiger partial charge in [0.05, 0.1) is 0 Å². The molecule has 5 nitrogen and oxygen atoms in total. The maximum atomic E-state index is 12.3. The molecule has 0 spiro atoms. The molecule has 2 aliphatic heterocycles. The number of ether oxygens (including phenoxy) is 1. The van der Waals surface area contributed by atoms with Gasteiger partial charge in [-0.05, 0) is 38.5 Å². The Morgan fingerprint density at radius 3 is 2.72 bits per heavy atom. The van der Waals surface area contributed by atoms with Gasteiger partial charge in [0.2, 0.25) is 0 Å². The second-order valence-electron chi connectivity index (χ2n) is 5.12. The lowest BCUT2D eigenvalue weighted by Gasteiger charge is -2.37. The zero-order valence-electron chi connectivity index (χ0n) is 10.6. The van der Waals surface area contributed by atoms with E-state index in [4.69, 9.17) is 9.84 Å². The van der Waals surface area contributed by atoms with E-state index in [2.05, 4.69) is 0 Å². The van der Waals surface area contributed by atoms with Gasteiger partial charge in [-0.2, -0.15) is 0 Å². The molecule has 2 atom stereocenters. The van der Waals surface area contributed by atoms with Crippen LogP contribution in [-0.4, -0.2) is 47.2 Å². The van der Waals surface area contributed by atoms with Gasteiger partial charge < -0.3 is 14.7 Å². The molecule has 0 aromatic heterocycles. The molecule has 2 heterocycles. The monoisotopic (exact) mass is 255 g/mol. The summed E-state index contributed by atoms with van der Waals surface area (Å²) in [5.41, 5.74) is 0. The number of carbonyl (C=O) groups is 2. The highest BCUT2D eigenvalue weighted by atomic mass is 16.5. The standard InChI is InChI=1S/C13H21NO4/c15-12(16)7-6-10-4-1-2-8-14(10)13(17)11-5-3-9-18-11/h10-11H,1-9H2,(H,15,16)/t10?,11-/m1/s1. The minimum atomic E-state index is -0.787. The number of likely N-dealkylation sites (tertiary alicyclic amines) is 1. The minimum Gasteiger partial charge on any atom is -0.481 e. The number of hydrogen-bond donors (Lipinski definition) is 1. The number of piperidine rings is 1. The lowest BCUT2D eigenvalue weighted by molar-refractivity contribution is -0.146. The van der Waals surface area contributed by atoms with Gasteiger partial charge in [-0.1, -0.05) is 0 Å². The maximum absolute atomic E-state index is 12.3. The van der Waals surface area contributed by atoms with E-state index >= 15 is 0 Å². The van der Waals surface area contributed by atoms with Crippen molar-refractivity contribution in [2.75, 3.05) is 13.2 Å². The van der Waals surface area contributed by atoms with Crippen LogP contribution in [0, 0.1) is 0 Å². The highest BCUT2D eigenvalue weighted by Crippen LogP contribution is 2.24. The Bertz CT molecular complexity index is 312. The van der Waals surface area contributed by atoms with Gasteiger partial charge in [0.15, 0.2) is 0 Å². The van der Waals surface area contributed by atoms with E-state index in [9.17, 15) is 9.59 Å². The molecule has 0 bridgehead atoms. The van der Waals surface area contributed by atoms with Crippen molar-refractivity contribution in [2.24, 2.45) is 0 Å². The van der Waals surface area contributed by atoms with E-state index in [1.807, 2.05) is 4.90 Å². The Balaban J connectivity index is 1.93. The Hall–Kier alpha value is -1.10. The second-order valence-corrected chi connectivity index (χ2v) is 5.12. The Morgan fingerprint density at radius 2 is 2.06 bits per heavy atom. The second kappa shape index (κ2) is 6.18. The van der Waals surface area contributed by atoms with Crippen LogP contribution in [0.1, 0.15) is 44.9 Å². The molecule has 2 rings (SSSR count). The lowest BCUT2D eigenvalue weighted by Crippen LogP contribution is -2.48. The number of carboxylic acids is 1. The van der Waals surface area contributed by atoms with E-state index in [0.29, 0.717) is 13.0 Å².